The Morgan fingerprint density at radius 1 is 1.15 bits per heavy atom. The van der Waals surface area contributed by atoms with Crippen molar-refractivity contribution in [2.24, 2.45) is 0 Å². The van der Waals surface area contributed by atoms with E-state index in [1.807, 2.05) is 24.4 Å². The van der Waals surface area contributed by atoms with Crippen LogP contribution in [0.5, 0.6) is 0 Å². The Bertz CT molecular complexity index is 924. The number of aromatic carboxylic acids is 1. The van der Waals surface area contributed by atoms with E-state index in [-0.39, 0.29) is 11.6 Å². The lowest BCUT2D eigenvalue weighted by molar-refractivity contribution is 0.0688. The Morgan fingerprint density at radius 2 is 1.96 bits per heavy atom. The maximum Gasteiger partial charge on any atom is 0.354 e. The van der Waals surface area contributed by atoms with Crippen LogP contribution in [0.3, 0.4) is 0 Å². The molecule has 138 valence electrons. The summed E-state index contributed by atoms with van der Waals surface area (Å²) in [6.07, 6.45) is 7.41. The molecule has 3 aromatic rings. The number of rotatable bonds is 8. The molecule has 27 heavy (non-hydrogen) atoms. The van der Waals surface area contributed by atoms with Gasteiger partial charge in [-0.1, -0.05) is 18.2 Å². The lowest BCUT2D eigenvalue weighted by Gasteiger charge is -2.05. The molecule has 0 radical (unpaired) electrons. The maximum absolute atomic E-state index is 12.0. The first kappa shape index (κ1) is 18.2. The summed E-state index contributed by atoms with van der Waals surface area (Å²) < 4.78 is 1.77. The highest BCUT2D eigenvalue weighted by Crippen LogP contribution is 2.11. The van der Waals surface area contributed by atoms with E-state index in [0.717, 1.165) is 12.0 Å². The van der Waals surface area contributed by atoms with E-state index in [9.17, 15) is 14.7 Å². The molecule has 0 aliphatic carbocycles. The average Bonchev–Trinajstić information content (AvgIpc) is 3.13. The van der Waals surface area contributed by atoms with Gasteiger partial charge in [0, 0.05) is 43.0 Å². The van der Waals surface area contributed by atoms with Crippen molar-refractivity contribution in [2.75, 3.05) is 6.54 Å². The number of benzene rings is 1. The highest BCUT2D eigenvalue weighted by atomic mass is 16.4. The minimum atomic E-state index is -1.08. The van der Waals surface area contributed by atoms with E-state index in [1.54, 1.807) is 23.0 Å². The molecule has 2 aromatic heterocycles. The monoisotopic (exact) mass is 365 g/mol. The predicted octanol–water partition coefficient (Wildman–Crippen LogP) is 1.78. The first-order valence-electron chi connectivity index (χ1n) is 8.50. The molecule has 1 amide bonds. The molecule has 8 heteroatoms. The fraction of sp³-hybridized carbons (Fsp3) is 0.211. The van der Waals surface area contributed by atoms with E-state index in [0.29, 0.717) is 30.6 Å². The van der Waals surface area contributed by atoms with Gasteiger partial charge in [0.05, 0.1) is 6.20 Å². The number of aryl methyl sites for hydroxylation is 1. The first-order valence-corrected chi connectivity index (χ1v) is 8.50. The molecule has 0 aliphatic heterocycles. The van der Waals surface area contributed by atoms with Crippen molar-refractivity contribution >= 4 is 11.9 Å². The number of carboxylic acids is 1. The molecular formula is C19H19N5O3. The van der Waals surface area contributed by atoms with E-state index in [1.165, 1.54) is 12.5 Å². The number of carbonyl (C=O) groups excluding carboxylic acids is 1. The van der Waals surface area contributed by atoms with Gasteiger partial charge < -0.3 is 10.4 Å². The zero-order valence-electron chi connectivity index (χ0n) is 14.6. The van der Waals surface area contributed by atoms with Crippen LogP contribution in [-0.4, -0.2) is 43.3 Å². The van der Waals surface area contributed by atoms with Crippen LogP contribution < -0.4 is 5.32 Å². The van der Waals surface area contributed by atoms with Crippen LogP contribution in [0.4, 0.5) is 0 Å². The molecule has 8 nitrogen and oxygen atoms in total. The lowest BCUT2D eigenvalue weighted by atomic mass is 10.1. The topological polar surface area (TPSA) is 110 Å². The molecule has 0 saturated carbocycles. The minimum absolute atomic E-state index is 0.00127. The second kappa shape index (κ2) is 8.70. The fourth-order valence-electron chi connectivity index (χ4n) is 2.65. The van der Waals surface area contributed by atoms with Crippen LogP contribution in [0.25, 0.3) is 0 Å². The third kappa shape index (κ3) is 4.97. The number of carbonyl (C=O) groups is 2. The minimum Gasteiger partial charge on any atom is -0.477 e. The second-order valence-corrected chi connectivity index (χ2v) is 5.97. The summed E-state index contributed by atoms with van der Waals surface area (Å²) in [5.41, 5.74) is 2.06. The Hall–Kier alpha value is -3.55. The summed E-state index contributed by atoms with van der Waals surface area (Å²) in [5, 5.41) is 16.3. The van der Waals surface area contributed by atoms with E-state index < -0.39 is 5.97 Å². The highest BCUT2D eigenvalue weighted by molar-refractivity contribution is 5.94. The molecule has 0 fully saturated rings. The predicted molar refractivity (Wildman–Crippen MR) is 97.4 cm³/mol. The van der Waals surface area contributed by atoms with Crippen LogP contribution in [-0.2, 0) is 13.0 Å². The number of hydrogen-bond acceptors (Lipinski definition) is 5. The Balaban J connectivity index is 1.49. The Morgan fingerprint density at radius 3 is 2.74 bits per heavy atom. The smallest absolute Gasteiger partial charge is 0.354 e. The standard InChI is InChI=1S/C19H19N5O3/c25-18(15-5-2-1-3-6-15)21-7-4-8-24-12-14(10-23-24)9-16-11-20-13-22-17(16)19(26)27/h1-3,5-6,10-13H,4,7-9H2,(H,21,25)(H,26,27). The third-order valence-electron chi connectivity index (χ3n) is 3.96. The van der Waals surface area contributed by atoms with Crippen LogP contribution in [0.1, 0.15) is 38.4 Å². The first-order chi connectivity index (χ1) is 13.1. The molecule has 0 aliphatic rings. The largest absolute Gasteiger partial charge is 0.477 e. The molecule has 0 saturated heterocycles. The van der Waals surface area contributed by atoms with Gasteiger partial charge in [0.25, 0.3) is 5.91 Å². The zero-order valence-corrected chi connectivity index (χ0v) is 14.6. The van der Waals surface area contributed by atoms with Crippen molar-refractivity contribution in [1.82, 2.24) is 25.1 Å². The summed E-state index contributed by atoms with van der Waals surface area (Å²) >= 11 is 0. The Labute approximate surface area is 155 Å². The van der Waals surface area contributed by atoms with Crippen molar-refractivity contribution < 1.29 is 14.7 Å². The summed E-state index contributed by atoms with van der Waals surface area (Å²) in [4.78, 5) is 30.9. The summed E-state index contributed by atoms with van der Waals surface area (Å²) in [5.74, 6) is -1.17. The normalized spacial score (nSPS) is 10.5. The van der Waals surface area contributed by atoms with Crippen molar-refractivity contribution in [2.45, 2.75) is 19.4 Å². The van der Waals surface area contributed by atoms with Crippen molar-refractivity contribution in [1.29, 1.82) is 0 Å². The van der Waals surface area contributed by atoms with Gasteiger partial charge in [0.2, 0.25) is 0 Å². The average molecular weight is 365 g/mol. The van der Waals surface area contributed by atoms with E-state index >= 15 is 0 Å². The number of aromatic nitrogens is 4. The van der Waals surface area contributed by atoms with Gasteiger partial charge in [-0.2, -0.15) is 5.10 Å². The zero-order chi connectivity index (χ0) is 19.1. The maximum atomic E-state index is 12.0. The van der Waals surface area contributed by atoms with Gasteiger partial charge in [-0.3, -0.25) is 9.48 Å². The van der Waals surface area contributed by atoms with Crippen molar-refractivity contribution in [3.8, 4) is 0 Å². The van der Waals surface area contributed by atoms with Gasteiger partial charge in [-0.25, -0.2) is 14.8 Å². The summed E-state index contributed by atoms with van der Waals surface area (Å²) in [6.45, 7) is 1.19. The molecule has 0 unspecified atom stereocenters. The SMILES string of the molecule is O=C(NCCCn1cc(Cc2cncnc2C(=O)O)cn1)c1ccccc1. The van der Waals surface area contributed by atoms with Gasteiger partial charge in [0.1, 0.15) is 6.33 Å². The third-order valence-corrected chi connectivity index (χ3v) is 3.96. The van der Waals surface area contributed by atoms with Gasteiger partial charge in [-0.15, -0.1) is 0 Å². The Kier molecular flexibility index (Phi) is 5.88. The molecule has 0 spiro atoms. The second-order valence-electron chi connectivity index (χ2n) is 5.97. The highest BCUT2D eigenvalue weighted by Gasteiger charge is 2.13. The van der Waals surface area contributed by atoms with Gasteiger partial charge >= 0.3 is 5.97 Å². The molecule has 1 aromatic carbocycles. The molecule has 2 heterocycles. The number of amides is 1. The molecule has 3 rings (SSSR count). The molecule has 2 N–H and O–H groups in total. The number of hydrogen-bond donors (Lipinski definition) is 2. The van der Waals surface area contributed by atoms with Crippen LogP contribution in [0.15, 0.2) is 55.2 Å². The molecular weight excluding hydrogens is 346 g/mol. The van der Waals surface area contributed by atoms with E-state index in [4.69, 9.17) is 0 Å². The quantitative estimate of drug-likeness (QED) is 0.589. The summed E-state index contributed by atoms with van der Waals surface area (Å²) in [6, 6.07) is 9.07. The van der Waals surface area contributed by atoms with Crippen molar-refractivity contribution in [3.05, 3.63) is 77.6 Å². The van der Waals surface area contributed by atoms with Gasteiger partial charge in [0.15, 0.2) is 5.69 Å². The van der Waals surface area contributed by atoms with E-state index in [2.05, 4.69) is 20.4 Å². The number of nitrogens with one attached hydrogen (secondary N) is 1. The van der Waals surface area contributed by atoms with Crippen LogP contribution in [0, 0.1) is 0 Å². The number of nitrogens with zero attached hydrogens (tertiary/aromatic N) is 4. The van der Waals surface area contributed by atoms with Crippen LogP contribution >= 0.6 is 0 Å². The molecule has 0 atom stereocenters. The summed E-state index contributed by atoms with van der Waals surface area (Å²) in [7, 11) is 0. The fourth-order valence-corrected chi connectivity index (χ4v) is 2.65. The van der Waals surface area contributed by atoms with Crippen LogP contribution in [0.2, 0.25) is 0 Å². The number of carboxylic acid groups (broad SMARTS) is 1. The van der Waals surface area contributed by atoms with Crippen molar-refractivity contribution in [3.63, 3.8) is 0 Å². The lowest BCUT2D eigenvalue weighted by Crippen LogP contribution is -2.25. The van der Waals surface area contributed by atoms with Gasteiger partial charge in [-0.05, 0) is 24.1 Å². The molecule has 0 bridgehead atoms.